The molecule has 2 bridgehead atoms. The van der Waals surface area contributed by atoms with Crippen molar-refractivity contribution < 1.29 is 0 Å². The first kappa shape index (κ1) is 5.28. The van der Waals surface area contributed by atoms with Crippen LogP contribution in [0.4, 0.5) is 0 Å². The number of azo groups is 1. The fraction of sp³-hybridized carbons (Fsp3) is 1.00. The molecule has 0 aromatic rings. The Hall–Kier alpha value is -0.400. The Morgan fingerprint density at radius 1 is 0.900 bits per heavy atom. The molecule has 3 rings (SSSR count). The zero-order valence-corrected chi connectivity index (χ0v) is 6.03. The number of fused-ring (bicyclic) bond motifs is 5. The largest absolute Gasteiger partial charge is 0.190 e. The average Bonchev–Trinajstić information content (AvgIpc) is 2.60. The standard InChI is InChI=1S/C8H12N2/c1-2-5-6(3-1)8-4-7(5)9-10-8/h5-8H,1-4H2. The van der Waals surface area contributed by atoms with E-state index in [1.54, 1.807) is 0 Å². The average molecular weight is 136 g/mol. The van der Waals surface area contributed by atoms with Crippen LogP contribution in [0.3, 0.4) is 0 Å². The molecule has 2 saturated carbocycles. The quantitative estimate of drug-likeness (QED) is 0.486. The monoisotopic (exact) mass is 136 g/mol. The van der Waals surface area contributed by atoms with E-state index >= 15 is 0 Å². The second-order valence-corrected chi connectivity index (χ2v) is 3.86. The maximum atomic E-state index is 4.27. The molecule has 0 saturated heterocycles. The van der Waals surface area contributed by atoms with Crippen molar-refractivity contribution in [1.29, 1.82) is 0 Å². The molecule has 10 heavy (non-hydrogen) atoms. The summed E-state index contributed by atoms with van der Waals surface area (Å²) in [4.78, 5) is 0. The zero-order valence-electron chi connectivity index (χ0n) is 6.03. The predicted molar refractivity (Wildman–Crippen MR) is 37.9 cm³/mol. The lowest BCUT2D eigenvalue weighted by Gasteiger charge is -2.17. The Morgan fingerprint density at radius 3 is 2.10 bits per heavy atom. The first-order valence-corrected chi connectivity index (χ1v) is 4.35. The summed E-state index contributed by atoms with van der Waals surface area (Å²) in [5.74, 6) is 1.89. The van der Waals surface area contributed by atoms with Crippen molar-refractivity contribution >= 4 is 0 Å². The third kappa shape index (κ3) is 0.468. The molecule has 0 N–H and O–H groups in total. The predicted octanol–water partition coefficient (Wildman–Crippen LogP) is 2.01. The number of nitrogens with zero attached hydrogens (tertiary/aromatic N) is 2. The normalized spacial score (nSPS) is 56.0. The van der Waals surface area contributed by atoms with Gasteiger partial charge in [-0.15, -0.1) is 0 Å². The second-order valence-electron chi connectivity index (χ2n) is 3.86. The first-order valence-electron chi connectivity index (χ1n) is 4.35. The van der Waals surface area contributed by atoms with Crippen molar-refractivity contribution in [3.63, 3.8) is 0 Å². The second kappa shape index (κ2) is 1.60. The molecule has 3 aliphatic rings. The van der Waals surface area contributed by atoms with Crippen LogP contribution in [-0.2, 0) is 0 Å². The molecular formula is C8H12N2. The molecule has 54 valence electrons. The van der Waals surface area contributed by atoms with Gasteiger partial charge >= 0.3 is 0 Å². The van der Waals surface area contributed by atoms with E-state index in [2.05, 4.69) is 10.2 Å². The molecule has 4 atom stereocenters. The molecule has 0 aromatic heterocycles. The summed E-state index contributed by atoms with van der Waals surface area (Å²) in [6.45, 7) is 0. The van der Waals surface area contributed by atoms with Gasteiger partial charge in [0.25, 0.3) is 0 Å². The molecule has 4 unspecified atom stereocenters. The van der Waals surface area contributed by atoms with E-state index in [1.165, 1.54) is 25.7 Å². The third-order valence-corrected chi connectivity index (χ3v) is 3.46. The third-order valence-electron chi connectivity index (χ3n) is 3.46. The van der Waals surface area contributed by atoms with Crippen molar-refractivity contribution in [2.45, 2.75) is 37.8 Å². The maximum absolute atomic E-state index is 4.27. The molecule has 2 nitrogen and oxygen atoms in total. The van der Waals surface area contributed by atoms with Gasteiger partial charge in [-0.3, -0.25) is 0 Å². The lowest BCUT2D eigenvalue weighted by molar-refractivity contribution is 0.358. The summed E-state index contributed by atoms with van der Waals surface area (Å²) in [6.07, 6.45) is 5.60. The van der Waals surface area contributed by atoms with Crippen LogP contribution in [0, 0.1) is 11.8 Å². The van der Waals surface area contributed by atoms with E-state index in [-0.39, 0.29) is 0 Å². The summed E-state index contributed by atoms with van der Waals surface area (Å²) in [6, 6.07) is 1.30. The smallest absolute Gasteiger partial charge is 0.0761 e. The lowest BCUT2D eigenvalue weighted by atomic mass is 9.96. The van der Waals surface area contributed by atoms with Crippen LogP contribution in [0.1, 0.15) is 25.7 Å². The van der Waals surface area contributed by atoms with Gasteiger partial charge in [0.2, 0.25) is 0 Å². The van der Waals surface area contributed by atoms with E-state index in [0.29, 0.717) is 12.1 Å². The molecule has 2 aliphatic carbocycles. The maximum Gasteiger partial charge on any atom is 0.0761 e. The highest BCUT2D eigenvalue weighted by Crippen LogP contribution is 2.50. The Bertz CT molecular complexity index is 170. The van der Waals surface area contributed by atoms with Crippen LogP contribution in [0.15, 0.2) is 10.2 Å². The highest BCUT2D eigenvalue weighted by molar-refractivity contribution is 5.04. The number of hydrogen-bond donors (Lipinski definition) is 0. The Morgan fingerprint density at radius 2 is 1.50 bits per heavy atom. The molecule has 1 heterocycles. The fourth-order valence-electron chi connectivity index (χ4n) is 3.01. The van der Waals surface area contributed by atoms with E-state index in [1.807, 2.05) is 0 Å². The van der Waals surface area contributed by atoms with Crippen LogP contribution in [0.25, 0.3) is 0 Å². The van der Waals surface area contributed by atoms with E-state index in [0.717, 1.165) is 11.8 Å². The van der Waals surface area contributed by atoms with Gasteiger partial charge in [0.05, 0.1) is 12.1 Å². The van der Waals surface area contributed by atoms with E-state index < -0.39 is 0 Å². The van der Waals surface area contributed by atoms with Crippen molar-refractivity contribution in [2.75, 3.05) is 0 Å². The molecule has 0 spiro atoms. The topological polar surface area (TPSA) is 24.7 Å². The van der Waals surface area contributed by atoms with Gasteiger partial charge in [-0.25, -0.2) is 0 Å². The van der Waals surface area contributed by atoms with Gasteiger partial charge in [0.1, 0.15) is 0 Å². The SMILES string of the molecule is C1CC2C3CC(N=N3)C2C1. The highest BCUT2D eigenvalue weighted by atomic mass is 15.2. The lowest BCUT2D eigenvalue weighted by Crippen LogP contribution is -2.17. The van der Waals surface area contributed by atoms with Crippen LogP contribution in [-0.4, -0.2) is 12.1 Å². The molecular weight excluding hydrogens is 124 g/mol. The van der Waals surface area contributed by atoms with Crippen LogP contribution >= 0.6 is 0 Å². The van der Waals surface area contributed by atoms with Crippen molar-refractivity contribution in [2.24, 2.45) is 22.1 Å². The summed E-state index contributed by atoms with van der Waals surface area (Å²) in [5, 5.41) is 8.54. The minimum absolute atomic E-state index is 0.650. The number of rotatable bonds is 0. The van der Waals surface area contributed by atoms with Crippen LogP contribution in [0.5, 0.6) is 0 Å². The molecule has 2 heteroatoms. The molecule has 1 aliphatic heterocycles. The fourth-order valence-corrected chi connectivity index (χ4v) is 3.01. The highest BCUT2D eigenvalue weighted by Gasteiger charge is 2.49. The van der Waals surface area contributed by atoms with Crippen molar-refractivity contribution in [3.05, 3.63) is 0 Å². The van der Waals surface area contributed by atoms with Gasteiger partial charge in [-0.2, -0.15) is 10.2 Å². The first-order chi connectivity index (χ1) is 4.95. The Labute approximate surface area is 60.7 Å². The van der Waals surface area contributed by atoms with Gasteiger partial charge in [-0.1, -0.05) is 6.42 Å². The molecule has 2 fully saturated rings. The van der Waals surface area contributed by atoms with Crippen molar-refractivity contribution in [3.8, 4) is 0 Å². The van der Waals surface area contributed by atoms with Gasteiger partial charge in [0, 0.05) is 0 Å². The molecule has 0 radical (unpaired) electrons. The summed E-state index contributed by atoms with van der Waals surface area (Å²) < 4.78 is 0. The van der Waals surface area contributed by atoms with Gasteiger partial charge in [0.15, 0.2) is 0 Å². The zero-order chi connectivity index (χ0) is 6.55. The minimum Gasteiger partial charge on any atom is -0.190 e. The molecule has 0 amide bonds. The summed E-state index contributed by atoms with van der Waals surface area (Å²) in [5.41, 5.74) is 0. The Balaban J connectivity index is 1.99. The Kier molecular flexibility index (Phi) is 0.846. The summed E-state index contributed by atoms with van der Waals surface area (Å²) in [7, 11) is 0. The van der Waals surface area contributed by atoms with E-state index in [4.69, 9.17) is 0 Å². The van der Waals surface area contributed by atoms with Gasteiger partial charge in [-0.05, 0) is 31.1 Å². The van der Waals surface area contributed by atoms with Crippen LogP contribution < -0.4 is 0 Å². The number of hydrogen-bond acceptors (Lipinski definition) is 2. The van der Waals surface area contributed by atoms with Crippen molar-refractivity contribution in [1.82, 2.24) is 0 Å². The summed E-state index contributed by atoms with van der Waals surface area (Å²) >= 11 is 0. The van der Waals surface area contributed by atoms with E-state index in [9.17, 15) is 0 Å². The molecule has 0 aromatic carbocycles. The van der Waals surface area contributed by atoms with Crippen LogP contribution in [0.2, 0.25) is 0 Å². The van der Waals surface area contributed by atoms with Gasteiger partial charge < -0.3 is 0 Å². The minimum atomic E-state index is 0.650.